The Morgan fingerprint density at radius 1 is 1.00 bits per heavy atom. The summed E-state index contributed by atoms with van der Waals surface area (Å²) in [5, 5.41) is 0. The molecule has 0 aromatic heterocycles. The van der Waals surface area contributed by atoms with Crippen molar-refractivity contribution in [2.24, 2.45) is 0 Å². The summed E-state index contributed by atoms with van der Waals surface area (Å²) >= 11 is 0. The molecule has 2 heteroatoms. The number of hydrogen-bond acceptors (Lipinski definition) is 2. The van der Waals surface area contributed by atoms with Crippen molar-refractivity contribution in [3.8, 4) is 16.9 Å². The Morgan fingerprint density at radius 3 is 2.00 bits per heavy atom. The third-order valence-electron chi connectivity index (χ3n) is 3.24. The second-order valence-corrected chi connectivity index (χ2v) is 5.14. The molecule has 0 aliphatic heterocycles. The zero-order valence-corrected chi connectivity index (χ0v) is 12.6. The predicted molar refractivity (Wildman–Crippen MR) is 86.3 cm³/mol. The lowest BCUT2D eigenvalue weighted by atomic mass is 10.0. The largest absolute Gasteiger partial charge is 0.423 e. The molecule has 2 rings (SSSR count). The van der Waals surface area contributed by atoms with E-state index in [0.717, 1.165) is 24.0 Å². The van der Waals surface area contributed by atoms with Crippen LogP contribution in [0.1, 0.15) is 25.8 Å². The van der Waals surface area contributed by atoms with Gasteiger partial charge in [0.1, 0.15) is 5.75 Å². The first-order chi connectivity index (χ1) is 10.1. The van der Waals surface area contributed by atoms with Crippen molar-refractivity contribution in [3.63, 3.8) is 0 Å². The molecule has 0 spiro atoms. The minimum Gasteiger partial charge on any atom is -0.423 e. The van der Waals surface area contributed by atoms with Gasteiger partial charge in [0.25, 0.3) is 0 Å². The Kier molecular flexibility index (Phi) is 4.94. The van der Waals surface area contributed by atoms with E-state index in [-0.39, 0.29) is 0 Å². The Balaban J connectivity index is 2.11. The van der Waals surface area contributed by atoms with Crippen LogP contribution in [0.2, 0.25) is 0 Å². The number of benzene rings is 2. The average Bonchev–Trinajstić information content (AvgIpc) is 2.49. The minimum absolute atomic E-state index is 0.394. The van der Waals surface area contributed by atoms with Crippen LogP contribution < -0.4 is 4.74 Å². The van der Waals surface area contributed by atoms with E-state index in [4.69, 9.17) is 4.74 Å². The van der Waals surface area contributed by atoms with E-state index < -0.39 is 5.97 Å². The lowest BCUT2D eigenvalue weighted by Gasteiger charge is -2.06. The maximum absolute atomic E-state index is 11.4. The summed E-state index contributed by atoms with van der Waals surface area (Å²) in [6.45, 7) is 7.38. The fourth-order valence-electron chi connectivity index (χ4n) is 2.06. The van der Waals surface area contributed by atoms with Gasteiger partial charge in [0.15, 0.2) is 0 Å². The monoisotopic (exact) mass is 280 g/mol. The van der Waals surface area contributed by atoms with Crippen molar-refractivity contribution in [3.05, 3.63) is 66.2 Å². The SMILES string of the molecule is C=C(C)C(=O)Oc1ccc(-c2ccc(CCC)cc2)cc1. The third-order valence-corrected chi connectivity index (χ3v) is 3.24. The van der Waals surface area contributed by atoms with Gasteiger partial charge in [-0.3, -0.25) is 0 Å². The van der Waals surface area contributed by atoms with Gasteiger partial charge >= 0.3 is 5.97 Å². The number of aryl methyl sites for hydroxylation is 1. The van der Waals surface area contributed by atoms with Gasteiger partial charge in [-0.15, -0.1) is 0 Å². The van der Waals surface area contributed by atoms with Crippen LogP contribution in [-0.4, -0.2) is 5.97 Å². The zero-order chi connectivity index (χ0) is 15.2. The summed E-state index contributed by atoms with van der Waals surface area (Å²) in [6, 6.07) is 16.1. The molecule has 0 saturated carbocycles. The van der Waals surface area contributed by atoms with Crippen molar-refractivity contribution in [1.29, 1.82) is 0 Å². The lowest BCUT2D eigenvalue weighted by Crippen LogP contribution is -2.07. The molecule has 0 atom stereocenters. The molecule has 0 N–H and O–H groups in total. The highest BCUT2D eigenvalue weighted by Gasteiger charge is 2.05. The summed E-state index contributed by atoms with van der Waals surface area (Å²) in [5.74, 6) is 0.140. The minimum atomic E-state index is -0.397. The van der Waals surface area contributed by atoms with E-state index >= 15 is 0 Å². The molecule has 0 amide bonds. The van der Waals surface area contributed by atoms with E-state index in [9.17, 15) is 4.79 Å². The maximum atomic E-state index is 11.4. The molecular formula is C19H20O2. The van der Waals surface area contributed by atoms with Gasteiger partial charge in [-0.05, 0) is 42.2 Å². The summed E-state index contributed by atoms with van der Waals surface area (Å²) < 4.78 is 5.18. The van der Waals surface area contributed by atoms with Gasteiger partial charge in [-0.2, -0.15) is 0 Å². The topological polar surface area (TPSA) is 26.3 Å². The number of carbonyl (C=O) groups excluding carboxylic acids is 1. The third kappa shape index (κ3) is 4.06. The van der Waals surface area contributed by atoms with Gasteiger partial charge in [0.2, 0.25) is 0 Å². The molecule has 108 valence electrons. The number of carbonyl (C=O) groups is 1. The van der Waals surface area contributed by atoms with E-state index in [1.807, 2.05) is 12.1 Å². The molecule has 0 bridgehead atoms. The van der Waals surface area contributed by atoms with E-state index in [1.165, 1.54) is 5.56 Å². The molecule has 0 fully saturated rings. The van der Waals surface area contributed by atoms with Crippen molar-refractivity contribution in [2.45, 2.75) is 26.7 Å². The van der Waals surface area contributed by atoms with E-state index in [2.05, 4.69) is 37.8 Å². The second-order valence-electron chi connectivity index (χ2n) is 5.14. The van der Waals surface area contributed by atoms with Crippen LogP contribution >= 0.6 is 0 Å². The fraction of sp³-hybridized carbons (Fsp3) is 0.211. The van der Waals surface area contributed by atoms with Crippen LogP contribution in [0, 0.1) is 0 Å². The van der Waals surface area contributed by atoms with Crippen molar-refractivity contribution in [1.82, 2.24) is 0 Å². The standard InChI is InChI=1S/C19H20O2/c1-4-5-15-6-8-16(9-7-15)17-10-12-18(13-11-17)21-19(20)14(2)3/h6-13H,2,4-5H2,1,3H3. The van der Waals surface area contributed by atoms with Crippen LogP contribution in [0.15, 0.2) is 60.7 Å². The maximum Gasteiger partial charge on any atom is 0.338 e. The lowest BCUT2D eigenvalue weighted by molar-refractivity contribution is -0.130. The Bertz CT molecular complexity index is 622. The van der Waals surface area contributed by atoms with Crippen LogP contribution in [0.5, 0.6) is 5.75 Å². The summed E-state index contributed by atoms with van der Waals surface area (Å²) in [4.78, 5) is 11.4. The number of esters is 1. The molecule has 0 heterocycles. The average molecular weight is 280 g/mol. The number of rotatable bonds is 5. The first kappa shape index (κ1) is 15.0. The molecule has 2 nitrogen and oxygen atoms in total. The van der Waals surface area contributed by atoms with Gasteiger partial charge < -0.3 is 4.74 Å². The van der Waals surface area contributed by atoms with Crippen molar-refractivity contribution >= 4 is 5.97 Å². The van der Waals surface area contributed by atoms with Crippen molar-refractivity contribution in [2.75, 3.05) is 0 Å². The highest BCUT2D eigenvalue weighted by atomic mass is 16.5. The first-order valence-electron chi connectivity index (χ1n) is 7.17. The van der Waals surface area contributed by atoms with Gasteiger partial charge in [-0.25, -0.2) is 4.79 Å². The molecule has 21 heavy (non-hydrogen) atoms. The van der Waals surface area contributed by atoms with Crippen LogP contribution in [0.4, 0.5) is 0 Å². The molecule has 2 aromatic rings. The normalized spacial score (nSPS) is 10.2. The quantitative estimate of drug-likeness (QED) is 0.447. The van der Waals surface area contributed by atoms with E-state index in [0.29, 0.717) is 11.3 Å². The zero-order valence-electron chi connectivity index (χ0n) is 12.6. The van der Waals surface area contributed by atoms with Crippen LogP contribution in [-0.2, 0) is 11.2 Å². The Morgan fingerprint density at radius 2 is 1.52 bits per heavy atom. The fourth-order valence-corrected chi connectivity index (χ4v) is 2.06. The molecule has 2 aromatic carbocycles. The predicted octanol–water partition coefficient (Wildman–Crippen LogP) is 4.79. The molecule has 0 aliphatic carbocycles. The van der Waals surface area contributed by atoms with Crippen LogP contribution in [0.3, 0.4) is 0 Å². The van der Waals surface area contributed by atoms with Crippen molar-refractivity contribution < 1.29 is 9.53 Å². The number of ether oxygens (including phenoxy) is 1. The highest BCUT2D eigenvalue weighted by molar-refractivity contribution is 5.88. The molecular weight excluding hydrogens is 260 g/mol. The number of hydrogen-bond donors (Lipinski definition) is 0. The molecule has 0 aliphatic rings. The van der Waals surface area contributed by atoms with Gasteiger partial charge in [0, 0.05) is 5.57 Å². The van der Waals surface area contributed by atoms with E-state index in [1.54, 1.807) is 19.1 Å². The summed E-state index contributed by atoms with van der Waals surface area (Å²) in [5.41, 5.74) is 4.01. The second kappa shape index (κ2) is 6.89. The molecule has 0 radical (unpaired) electrons. The first-order valence-corrected chi connectivity index (χ1v) is 7.17. The Hall–Kier alpha value is -2.35. The smallest absolute Gasteiger partial charge is 0.338 e. The Labute approximate surface area is 126 Å². The highest BCUT2D eigenvalue weighted by Crippen LogP contribution is 2.23. The summed E-state index contributed by atoms with van der Waals surface area (Å²) in [6.07, 6.45) is 2.26. The molecule has 0 saturated heterocycles. The summed E-state index contributed by atoms with van der Waals surface area (Å²) in [7, 11) is 0. The van der Waals surface area contributed by atoms with Crippen LogP contribution in [0.25, 0.3) is 11.1 Å². The van der Waals surface area contributed by atoms with Gasteiger partial charge in [-0.1, -0.05) is 56.3 Å². The molecule has 0 unspecified atom stereocenters. The van der Waals surface area contributed by atoms with Gasteiger partial charge in [0.05, 0.1) is 0 Å².